The molecule has 0 bridgehead atoms. The zero-order valence-corrected chi connectivity index (χ0v) is 12.3. The molecule has 0 unspecified atom stereocenters. The van der Waals surface area contributed by atoms with Crippen molar-refractivity contribution in [3.05, 3.63) is 36.2 Å². The van der Waals surface area contributed by atoms with Crippen LogP contribution in [0.1, 0.15) is 25.1 Å². The van der Waals surface area contributed by atoms with E-state index in [4.69, 9.17) is 10.1 Å². The summed E-state index contributed by atoms with van der Waals surface area (Å²) in [5.74, 6) is 1.78. The Morgan fingerprint density at radius 3 is 2.57 bits per heavy atom. The minimum absolute atomic E-state index is 0.184. The average Bonchev–Trinajstić information content (AvgIpc) is 3.17. The first-order valence-corrected chi connectivity index (χ1v) is 7.69. The summed E-state index contributed by atoms with van der Waals surface area (Å²) in [6.07, 6.45) is 3.26. The highest BCUT2D eigenvalue weighted by Gasteiger charge is 2.17. The molecule has 0 aliphatic carbocycles. The van der Waals surface area contributed by atoms with Crippen molar-refractivity contribution >= 4 is 0 Å². The number of aliphatic hydroxyl groups excluding tert-OH is 1. The molecule has 0 spiro atoms. The number of rotatable bonds is 6. The summed E-state index contributed by atoms with van der Waals surface area (Å²) in [4.78, 5) is 7.15. The summed E-state index contributed by atoms with van der Waals surface area (Å²) < 4.78 is 1.96. The molecule has 0 saturated carbocycles. The number of aryl methyl sites for hydroxylation is 1. The molecular weight excluding hydrogens is 264 g/mol. The van der Waals surface area contributed by atoms with Crippen molar-refractivity contribution in [1.82, 2.24) is 19.7 Å². The lowest BCUT2D eigenvalue weighted by Crippen LogP contribution is -2.21. The smallest absolute Gasteiger partial charge is 0.181 e. The summed E-state index contributed by atoms with van der Waals surface area (Å²) in [5, 5.41) is 13.7. The molecule has 1 aromatic carbocycles. The maximum Gasteiger partial charge on any atom is 0.181 e. The van der Waals surface area contributed by atoms with Crippen LogP contribution in [0, 0.1) is 0 Å². The Kier molecular flexibility index (Phi) is 4.62. The highest BCUT2D eigenvalue weighted by molar-refractivity contribution is 5.53. The molecule has 0 radical (unpaired) electrons. The first kappa shape index (κ1) is 14.2. The van der Waals surface area contributed by atoms with Gasteiger partial charge >= 0.3 is 0 Å². The van der Waals surface area contributed by atoms with Crippen LogP contribution in [0.25, 0.3) is 11.4 Å². The van der Waals surface area contributed by atoms with Crippen molar-refractivity contribution < 1.29 is 5.11 Å². The molecule has 1 saturated heterocycles. The number of hydrogen-bond acceptors (Lipinski definition) is 4. The van der Waals surface area contributed by atoms with Crippen LogP contribution >= 0.6 is 0 Å². The maximum atomic E-state index is 9.05. The van der Waals surface area contributed by atoms with Crippen molar-refractivity contribution in [2.24, 2.45) is 0 Å². The molecule has 2 aromatic rings. The number of nitrogens with zero attached hydrogens (tertiary/aromatic N) is 4. The van der Waals surface area contributed by atoms with E-state index in [0.29, 0.717) is 6.42 Å². The van der Waals surface area contributed by atoms with Gasteiger partial charge in [-0.15, -0.1) is 0 Å². The molecule has 112 valence electrons. The second-order valence-electron chi connectivity index (χ2n) is 5.50. The van der Waals surface area contributed by atoms with Crippen LogP contribution in [0.3, 0.4) is 0 Å². The maximum absolute atomic E-state index is 9.05. The summed E-state index contributed by atoms with van der Waals surface area (Å²) in [6, 6.07) is 10.1. The fourth-order valence-corrected chi connectivity index (χ4v) is 2.74. The first-order chi connectivity index (χ1) is 10.4. The summed E-state index contributed by atoms with van der Waals surface area (Å²) >= 11 is 0. The van der Waals surface area contributed by atoms with Gasteiger partial charge in [-0.25, -0.2) is 9.67 Å². The van der Waals surface area contributed by atoms with E-state index in [0.717, 1.165) is 43.4 Å². The van der Waals surface area contributed by atoms with Gasteiger partial charge in [0.1, 0.15) is 5.82 Å². The fourth-order valence-electron chi connectivity index (χ4n) is 2.74. The van der Waals surface area contributed by atoms with Gasteiger partial charge in [0.15, 0.2) is 5.82 Å². The van der Waals surface area contributed by atoms with Crippen LogP contribution in [-0.2, 0) is 13.1 Å². The Morgan fingerprint density at radius 2 is 1.86 bits per heavy atom. The van der Waals surface area contributed by atoms with Gasteiger partial charge in [0.05, 0.1) is 6.54 Å². The van der Waals surface area contributed by atoms with E-state index in [9.17, 15) is 0 Å². The summed E-state index contributed by atoms with van der Waals surface area (Å²) in [6.45, 7) is 4.05. The van der Waals surface area contributed by atoms with Gasteiger partial charge in [0.2, 0.25) is 0 Å². The molecule has 2 heterocycles. The van der Waals surface area contributed by atoms with E-state index in [-0.39, 0.29) is 6.61 Å². The van der Waals surface area contributed by atoms with Crippen LogP contribution in [0.15, 0.2) is 30.3 Å². The average molecular weight is 286 g/mol. The monoisotopic (exact) mass is 286 g/mol. The topological polar surface area (TPSA) is 54.2 Å². The van der Waals surface area contributed by atoms with Gasteiger partial charge in [-0.2, -0.15) is 5.10 Å². The van der Waals surface area contributed by atoms with Crippen LogP contribution in [-0.4, -0.2) is 44.5 Å². The molecule has 5 heteroatoms. The Balaban J connectivity index is 1.83. The predicted molar refractivity (Wildman–Crippen MR) is 81.7 cm³/mol. The lowest BCUT2D eigenvalue weighted by atomic mass is 10.2. The highest BCUT2D eigenvalue weighted by atomic mass is 16.3. The fraction of sp³-hybridized carbons (Fsp3) is 0.500. The highest BCUT2D eigenvalue weighted by Crippen LogP contribution is 2.18. The van der Waals surface area contributed by atoms with Gasteiger partial charge in [0, 0.05) is 18.7 Å². The number of hydrogen-bond donors (Lipinski definition) is 1. The summed E-state index contributed by atoms with van der Waals surface area (Å²) in [7, 11) is 0. The predicted octanol–water partition coefficient (Wildman–Crippen LogP) is 1.92. The summed E-state index contributed by atoms with van der Waals surface area (Å²) in [5.41, 5.74) is 1.04. The normalized spacial score (nSPS) is 15.7. The van der Waals surface area contributed by atoms with Crippen molar-refractivity contribution in [1.29, 1.82) is 0 Å². The van der Waals surface area contributed by atoms with Crippen molar-refractivity contribution in [3.63, 3.8) is 0 Å². The molecule has 5 nitrogen and oxygen atoms in total. The van der Waals surface area contributed by atoms with Gasteiger partial charge < -0.3 is 5.11 Å². The Morgan fingerprint density at radius 1 is 1.10 bits per heavy atom. The zero-order valence-electron chi connectivity index (χ0n) is 12.3. The second kappa shape index (κ2) is 6.83. The van der Waals surface area contributed by atoms with Crippen molar-refractivity contribution in [3.8, 4) is 11.4 Å². The third-order valence-electron chi connectivity index (χ3n) is 3.87. The first-order valence-electron chi connectivity index (χ1n) is 7.69. The quantitative estimate of drug-likeness (QED) is 0.881. The minimum atomic E-state index is 0.184. The zero-order chi connectivity index (χ0) is 14.5. The van der Waals surface area contributed by atoms with Gasteiger partial charge in [-0.1, -0.05) is 30.3 Å². The molecule has 3 rings (SSSR count). The molecule has 0 atom stereocenters. The van der Waals surface area contributed by atoms with Crippen LogP contribution in [0.4, 0.5) is 0 Å². The van der Waals surface area contributed by atoms with Crippen LogP contribution in [0.5, 0.6) is 0 Å². The van der Waals surface area contributed by atoms with E-state index < -0.39 is 0 Å². The SMILES string of the molecule is OCCCn1nc(-c2ccccc2)nc1CN1CCCC1. The van der Waals surface area contributed by atoms with E-state index in [1.165, 1.54) is 12.8 Å². The Labute approximate surface area is 125 Å². The lowest BCUT2D eigenvalue weighted by Gasteiger charge is -2.14. The van der Waals surface area contributed by atoms with Crippen LogP contribution in [0.2, 0.25) is 0 Å². The third kappa shape index (κ3) is 3.49. The van der Waals surface area contributed by atoms with Crippen molar-refractivity contribution in [2.45, 2.75) is 32.4 Å². The number of aromatic nitrogens is 3. The van der Waals surface area contributed by atoms with E-state index in [2.05, 4.69) is 10.00 Å². The molecule has 21 heavy (non-hydrogen) atoms. The van der Waals surface area contributed by atoms with Gasteiger partial charge in [-0.05, 0) is 32.4 Å². The largest absolute Gasteiger partial charge is 0.396 e. The Bertz CT molecular complexity index is 561. The lowest BCUT2D eigenvalue weighted by molar-refractivity contribution is 0.270. The standard InChI is InChI=1S/C16H22N4O/c21-12-6-11-20-15(13-19-9-4-5-10-19)17-16(18-20)14-7-2-1-3-8-14/h1-3,7-8,21H,4-6,9-13H2. The van der Waals surface area contributed by atoms with E-state index in [1.54, 1.807) is 0 Å². The third-order valence-corrected chi connectivity index (χ3v) is 3.87. The second-order valence-corrected chi connectivity index (χ2v) is 5.50. The van der Waals surface area contributed by atoms with Gasteiger partial charge in [-0.3, -0.25) is 4.90 Å². The number of aliphatic hydroxyl groups is 1. The van der Waals surface area contributed by atoms with Gasteiger partial charge in [0.25, 0.3) is 0 Å². The number of likely N-dealkylation sites (tertiary alicyclic amines) is 1. The number of benzene rings is 1. The molecule has 1 aliphatic rings. The van der Waals surface area contributed by atoms with Crippen LogP contribution < -0.4 is 0 Å². The van der Waals surface area contributed by atoms with E-state index >= 15 is 0 Å². The molecule has 0 amide bonds. The van der Waals surface area contributed by atoms with E-state index in [1.807, 2.05) is 35.0 Å². The van der Waals surface area contributed by atoms with Crippen molar-refractivity contribution in [2.75, 3.05) is 19.7 Å². The molecular formula is C16H22N4O. The molecule has 1 aliphatic heterocycles. The molecule has 1 N–H and O–H groups in total. The Hall–Kier alpha value is -1.72. The molecule has 1 fully saturated rings. The minimum Gasteiger partial charge on any atom is -0.396 e. The molecule has 1 aromatic heterocycles.